The van der Waals surface area contributed by atoms with Crippen LogP contribution in [0.3, 0.4) is 0 Å². The van der Waals surface area contributed by atoms with E-state index in [4.69, 9.17) is 4.74 Å². The summed E-state index contributed by atoms with van der Waals surface area (Å²) < 4.78 is 48.0. The number of fused-ring (bicyclic) bond motifs is 1. The number of halogens is 3. The quantitative estimate of drug-likeness (QED) is 0.346. The molecule has 3 aromatic rings. The van der Waals surface area contributed by atoms with Gasteiger partial charge in [0, 0.05) is 18.7 Å². The number of nitrogens with zero attached hydrogens (tertiary/aromatic N) is 3. The van der Waals surface area contributed by atoms with Gasteiger partial charge in [-0.2, -0.15) is 18.2 Å². The van der Waals surface area contributed by atoms with Crippen LogP contribution in [-0.4, -0.2) is 40.3 Å². The lowest BCUT2D eigenvalue weighted by Gasteiger charge is -2.38. The molecule has 208 valence electrons. The first kappa shape index (κ1) is 27.9. The fourth-order valence-corrected chi connectivity index (χ4v) is 4.22. The number of alkyl carbamates (subject to hydrolysis) is 1. The SMILES string of the molecule is CC(C)(C)OC(=O)NCCCCC1C(=O)Nc2ccccc2N1Cc1ccc(-c2noc(C(F)(F)F)n2)cc1. The Balaban J connectivity index is 1.43. The molecule has 2 amide bonds. The highest BCUT2D eigenvalue weighted by molar-refractivity contribution is 6.03. The minimum absolute atomic E-state index is 0.128. The molecule has 39 heavy (non-hydrogen) atoms. The summed E-state index contributed by atoms with van der Waals surface area (Å²) in [6.07, 6.45) is -3.29. The molecular weight excluding hydrogens is 515 g/mol. The number of rotatable bonds is 8. The van der Waals surface area contributed by atoms with Crippen LogP contribution in [0.15, 0.2) is 53.1 Å². The summed E-state index contributed by atoms with van der Waals surface area (Å²) in [5.41, 5.74) is 2.22. The lowest BCUT2D eigenvalue weighted by Crippen LogP contribution is -2.47. The van der Waals surface area contributed by atoms with Crippen LogP contribution in [0.1, 0.15) is 51.5 Å². The lowest BCUT2D eigenvalue weighted by atomic mass is 10.0. The van der Waals surface area contributed by atoms with Crippen LogP contribution in [0.5, 0.6) is 0 Å². The number of amides is 2. The molecule has 1 aromatic heterocycles. The molecule has 12 heteroatoms. The van der Waals surface area contributed by atoms with Crippen molar-refractivity contribution in [2.45, 2.75) is 64.4 Å². The topological polar surface area (TPSA) is 110 Å². The molecule has 0 spiro atoms. The number of aromatic nitrogens is 2. The van der Waals surface area contributed by atoms with Crippen LogP contribution >= 0.6 is 0 Å². The summed E-state index contributed by atoms with van der Waals surface area (Å²) in [6.45, 7) is 6.20. The van der Waals surface area contributed by atoms with Gasteiger partial charge in [0.2, 0.25) is 11.7 Å². The average Bonchev–Trinajstić information content (AvgIpc) is 3.36. The second-order valence-corrected chi connectivity index (χ2v) is 10.2. The van der Waals surface area contributed by atoms with Crippen molar-refractivity contribution in [3.63, 3.8) is 0 Å². The van der Waals surface area contributed by atoms with Gasteiger partial charge in [-0.25, -0.2) is 4.79 Å². The summed E-state index contributed by atoms with van der Waals surface area (Å²) in [6, 6.07) is 13.8. The second kappa shape index (κ2) is 11.3. The molecule has 0 saturated heterocycles. The van der Waals surface area contributed by atoms with Crippen molar-refractivity contribution in [3.05, 3.63) is 60.0 Å². The molecule has 2 aromatic carbocycles. The summed E-state index contributed by atoms with van der Waals surface area (Å²) >= 11 is 0. The zero-order valence-electron chi connectivity index (χ0n) is 21.8. The van der Waals surface area contributed by atoms with E-state index in [1.54, 1.807) is 45.0 Å². The Kier molecular flexibility index (Phi) is 8.12. The standard InChI is InChI=1S/C27H30F3N5O4/c1-26(2,3)38-25(37)31-15-7-6-10-21-23(36)32-19-8-4-5-9-20(19)35(21)16-17-11-13-18(14-12-17)22-33-24(39-34-22)27(28,29)30/h4-5,8-9,11-14,21H,6-7,10,15-16H2,1-3H3,(H,31,37)(H,32,36). The summed E-state index contributed by atoms with van der Waals surface area (Å²) in [5.74, 6) is -1.69. The number of anilines is 2. The van der Waals surface area contributed by atoms with Gasteiger partial charge in [0.15, 0.2) is 0 Å². The third-order valence-electron chi connectivity index (χ3n) is 5.96. The van der Waals surface area contributed by atoms with Gasteiger partial charge in [-0.3, -0.25) is 4.79 Å². The molecule has 1 unspecified atom stereocenters. The number of carbonyl (C=O) groups is 2. The number of ether oxygens (including phenoxy) is 1. The number of carbonyl (C=O) groups excluding carboxylic acids is 2. The second-order valence-electron chi connectivity index (χ2n) is 10.2. The molecule has 2 heterocycles. The van der Waals surface area contributed by atoms with E-state index in [1.807, 2.05) is 29.2 Å². The van der Waals surface area contributed by atoms with E-state index < -0.39 is 29.8 Å². The highest BCUT2D eigenvalue weighted by Crippen LogP contribution is 2.35. The minimum atomic E-state index is -4.71. The molecule has 1 atom stereocenters. The molecule has 0 radical (unpaired) electrons. The largest absolute Gasteiger partial charge is 0.471 e. The van der Waals surface area contributed by atoms with Crippen LogP contribution in [-0.2, 0) is 22.3 Å². The van der Waals surface area contributed by atoms with Crippen molar-refractivity contribution in [3.8, 4) is 11.4 Å². The van der Waals surface area contributed by atoms with Gasteiger partial charge in [-0.05, 0) is 57.7 Å². The van der Waals surface area contributed by atoms with Gasteiger partial charge < -0.3 is 24.8 Å². The number of hydrogen-bond donors (Lipinski definition) is 2. The molecular formula is C27H30F3N5O4. The Morgan fingerprint density at radius 2 is 1.82 bits per heavy atom. The van der Waals surface area contributed by atoms with Crippen molar-refractivity contribution >= 4 is 23.4 Å². The zero-order chi connectivity index (χ0) is 28.2. The Morgan fingerprint density at radius 3 is 2.49 bits per heavy atom. The summed E-state index contributed by atoms with van der Waals surface area (Å²) in [4.78, 5) is 30.3. The van der Waals surface area contributed by atoms with Crippen molar-refractivity contribution < 1.29 is 32.0 Å². The normalized spacial score (nSPS) is 15.5. The van der Waals surface area contributed by atoms with Crippen molar-refractivity contribution in [2.75, 3.05) is 16.8 Å². The Morgan fingerprint density at radius 1 is 1.10 bits per heavy atom. The van der Waals surface area contributed by atoms with Gasteiger partial charge >= 0.3 is 18.2 Å². The molecule has 0 bridgehead atoms. The van der Waals surface area contributed by atoms with Crippen molar-refractivity contribution in [1.29, 1.82) is 0 Å². The maximum Gasteiger partial charge on any atom is 0.471 e. The number of para-hydroxylation sites is 2. The molecule has 1 aliphatic heterocycles. The monoisotopic (exact) mass is 545 g/mol. The van der Waals surface area contributed by atoms with E-state index >= 15 is 0 Å². The minimum Gasteiger partial charge on any atom is -0.444 e. The summed E-state index contributed by atoms with van der Waals surface area (Å²) in [7, 11) is 0. The molecule has 1 aliphatic rings. The molecule has 0 saturated carbocycles. The van der Waals surface area contributed by atoms with E-state index in [9.17, 15) is 22.8 Å². The third kappa shape index (κ3) is 7.27. The van der Waals surface area contributed by atoms with Crippen LogP contribution in [0.4, 0.5) is 29.3 Å². The van der Waals surface area contributed by atoms with Crippen LogP contribution in [0.2, 0.25) is 0 Å². The van der Waals surface area contributed by atoms with Crippen LogP contribution in [0.25, 0.3) is 11.4 Å². The van der Waals surface area contributed by atoms with Gasteiger partial charge in [0.25, 0.3) is 0 Å². The third-order valence-corrected chi connectivity index (χ3v) is 5.96. The first-order valence-corrected chi connectivity index (χ1v) is 12.5. The van der Waals surface area contributed by atoms with Gasteiger partial charge in [0.1, 0.15) is 11.6 Å². The number of alkyl halides is 3. The molecule has 4 rings (SSSR count). The highest BCUT2D eigenvalue weighted by atomic mass is 19.4. The summed E-state index contributed by atoms with van der Waals surface area (Å²) in [5, 5.41) is 9.12. The van der Waals surface area contributed by atoms with Crippen LogP contribution in [0, 0.1) is 0 Å². The number of hydrogen-bond acceptors (Lipinski definition) is 7. The van der Waals surface area contributed by atoms with Crippen molar-refractivity contribution in [1.82, 2.24) is 15.5 Å². The fourth-order valence-electron chi connectivity index (χ4n) is 4.22. The van der Waals surface area contributed by atoms with E-state index in [2.05, 4.69) is 25.3 Å². The Hall–Kier alpha value is -4.09. The van der Waals surface area contributed by atoms with E-state index in [0.29, 0.717) is 43.6 Å². The van der Waals surface area contributed by atoms with E-state index in [0.717, 1.165) is 11.3 Å². The predicted octanol–water partition coefficient (Wildman–Crippen LogP) is 5.78. The maximum atomic E-state index is 13.0. The lowest BCUT2D eigenvalue weighted by molar-refractivity contribution is -0.159. The molecule has 0 aliphatic carbocycles. The van der Waals surface area contributed by atoms with Crippen molar-refractivity contribution in [2.24, 2.45) is 0 Å². The van der Waals surface area contributed by atoms with Gasteiger partial charge in [-0.15, -0.1) is 0 Å². The van der Waals surface area contributed by atoms with Gasteiger partial charge in [0.05, 0.1) is 11.4 Å². The first-order chi connectivity index (χ1) is 18.4. The molecule has 2 N–H and O–H groups in total. The fraction of sp³-hybridized carbons (Fsp3) is 0.407. The zero-order valence-corrected chi connectivity index (χ0v) is 21.8. The Labute approximate surface area is 223 Å². The number of unbranched alkanes of at least 4 members (excludes halogenated alkanes) is 1. The Bertz CT molecular complexity index is 1300. The number of benzene rings is 2. The van der Waals surface area contributed by atoms with E-state index in [1.165, 1.54) is 0 Å². The number of nitrogens with one attached hydrogen (secondary N) is 2. The predicted molar refractivity (Wildman–Crippen MR) is 138 cm³/mol. The highest BCUT2D eigenvalue weighted by Gasteiger charge is 2.38. The first-order valence-electron chi connectivity index (χ1n) is 12.5. The van der Waals surface area contributed by atoms with Crippen LogP contribution < -0.4 is 15.5 Å². The van der Waals surface area contributed by atoms with E-state index in [-0.39, 0.29) is 11.7 Å². The molecule has 0 fully saturated rings. The maximum absolute atomic E-state index is 13.0. The smallest absolute Gasteiger partial charge is 0.444 e. The average molecular weight is 546 g/mol. The van der Waals surface area contributed by atoms with Gasteiger partial charge in [-0.1, -0.05) is 41.6 Å². The molecule has 9 nitrogen and oxygen atoms in total.